The van der Waals surface area contributed by atoms with E-state index in [1.807, 2.05) is 0 Å². The number of aromatic nitrogens is 1. The molecule has 0 bridgehead atoms. The van der Waals surface area contributed by atoms with Crippen molar-refractivity contribution in [3.05, 3.63) is 89.3 Å². The summed E-state index contributed by atoms with van der Waals surface area (Å²) in [6.07, 6.45) is 3.23. The van der Waals surface area contributed by atoms with Gasteiger partial charge in [-0.05, 0) is 48.4 Å². The third kappa shape index (κ3) is 4.30. The molecule has 0 aliphatic carbocycles. The van der Waals surface area contributed by atoms with Gasteiger partial charge < -0.3 is 24.6 Å². The zero-order valence-corrected chi connectivity index (χ0v) is 18.8. The fourth-order valence-electron chi connectivity index (χ4n) is 3.98. The smallest absolute Gasteiger partial charge is 0.295 e. The van der Waals surface area contributed by atoms with Crippen LogP contribution in [0.15, 0.2) is 72.6 Å². The van der Waals surface area contributed by atoms with E-state index in [9.17, 15) is 19.8 Å². The van der Waals surface area contributed by atoms with E-state index in [1.54, 1.807) is 67.8 Å². The highest BCUT2D eigenvalue weighted by molar-refractivity contribution is 6.46. The molecule has 1 aliphatic rings. The number of aliphatic hydroxyl groups excluding tert-OH is 1. The zero-order chi connectivity index (χ0) is 24.2. The van der Waals surface area contributed by atoms with Crippen molar-refractivity contribution in [1.82, 2.24) is 9.88 Å². The highest BCUT2D eigenvalue weighted by Crippen LogP contribution is 2.42. The number of carbonyl (C=O) groups is 2. The van der Waals surface area contributed by atoms with E-state index < -0.39 is 17.7 Å². The number of benzene rings is 2. The van der Waals surface area contributed by atoms with Gasteiger partial charge in [0.2, 0.25) is 0 Å². The van der Waals surface area contributed by atoms with Gasteiger partial charge in [0.1, 0.15) is 11.5 Å². The Hall–Kier alpha value is -4.33. The van der Waals surface area contributed by atoms with Crippen molar-refractivity contribution in [1.29, 1.82) is 0 Å². The number of aliphatic hydroxyl groups is 1. The average molecular weight is 460 g/mol. The number of hydrogen-bond acceptors (Lipinski definition) is 7. The highest BCUT2D eigenvalue weighted by Gasteiger charge is 2.46. The minimum Gasteiger partial charge on any atom is -0.507 e. The van der Waals surface area contributed by atoms with Gasteiger partial charge in [0.15, 0.2) is 11.5 Å². The summed E-state index contributed by atoms with van der Waals surface area (Å²) in [6.45, 7) is 2.20. The average Bonchev–Trinajstić information content (AvgIpc) is 3.10. The van der Waals surface area contributed by atoms with Crippen LogP contribution < -0.4 is 9.47 Å². The van der Waals surface area contributed by atoms with Crippen LogP contribution in [0.2, 0.25) is 0 Å². The quantitative estimate of drug-likeness (QED) is 0.313. The maximum absolute atomic E-state index is 13.2. The summed E-state index contributed by atoms with van der Waals surface area (Å²) in [7, 11) is 1.50. The van der Waals surface area contributed by atoms with Gasteiger partial charge in [-0.2, -0.15) is 0 Å². The number of methoxy groups -OCH3 is 1. The first kappa shape index (κ1) is 22.8. The molecule has 1 fully saturated rings. The number of Topliss-reactive ketones (excluding diaryl/α,β-unsaturated/α-hetero) is 1. The molecule has 4 rings (SSSR count). The van der Waals surface area contributed by atoms with Crippen LogP contribution >= 0.6 is 0 Å². The number of aromatic hydroxyl groups is 1. The second-order valence-electron chi connectivity index (χ2n) is 7.68. The van der Waals surface area contributed by atoms with Crippen molar-refractivity contribution < 1.29 is 29.3 Å². The summed E-state index contributed by atoms with van der Waals surface area (Å²) in [5.41, 5.74) is 1.51. The van der Waals surface area contributed by atoms with Crippen molar-refractivity contribution in [2.24, 2.45) is 0 Å². The maximum Gasteiger partial charge on any atom is 0.295 e. The number of phenols is 1. The number of rotatable bonds is 7. The normalized spacial score (nSPS) is 17.1. The Kier molecular flexibility index (Phi) is 6.49. The van der Waals surface area contributed by atoms with E-state index in [0.29, 0.717) is 23.5 Å². The Morgan fingerprint density at radius 1 is 1.12 bits per heavy atom. The summed E-state index contributed by atoms with van der Waals surface area (Å²) in [5, 5.41) is 21.4. The number of ketones is 1. The first-order chi connectivity index (χ1) is 16.4. The predicted molar refractivity (Wildman–Crippen MR) is 124 cm³/mol. The summed E-state index contributed by atoms with van der Waals surface area (Å²) < 4.78 is 10.7. The van der Waals surface area contributed by atoms with E-state index >= 15 is 0 Å². The molecule has 8 heteroatoms. The van der Waals surface area contributed by atoms with Crippen LogP contribution in [0.5, 0.6) is 17.2 Å². The second kappa shape index (κ2) is 9.66. The number of likely N-dealkylation sites (tertiary alicyclic amines) is 1. The van der Waals surface area contributed by atoms with Gasteiger partial charge in [-0.3, -0.25) is 14.6 Å². The first-order valence-electron chi connectivity index (χ1n) is 10.7. The zero-order valence-electron chi connectivity index (χ0n) is 18.8. The van der Waals surface area contributed by atoms with Gasteiger partial charge in [0.05, 0.1) is 25.3 Å². The molecule has 34 heavy (non-hydrogen) atoms. The summed E-state index contributed by atoms with van der Waals surface area (Å²) in [4.78, 5) is 31.8. The van der Waals surface area contributed by atoms with Crippen molar-refractivity contribution in [3.63, 3.8) is 0 Å². The van der Waals surface area contributed by atoms with Crippen LogP contribution in [0, 0.1) is 0 Å². The van der Waals surface area contributed by atoms with Gasteiger partial charge in [-0.25, -0.2) is 0 Å². The van der Waals surface area contributed by atoms with Crippen molar-refractivity contribution in [2.45, 2.75) is 19.5 Å². The van der Waals surface area contributed by atoms with Crippen LogP contribution in [0.3, 0.4) is 0 Å². The minimum atomic E-state index is -0.911. The maximum atomic E-state index is 13.2. The molecule has 8 nitrogen and oxygen atoms in total. The third-order valence-corrected chi connectivity index (χ3v) is 5.56. The molecular weight excluding hydrogens is 436 g/mol. The Morgan fingerprint density at radius 3 is 2.65 bits per heavy atom. The summed E-state index contributed by atoms with van der Waals surface area (Å²) in [5.74, 6) is -1.23. The number of nitrogens with zero attached hydrogens (tertiary/aromatic N) is 2. The van der Waals surface area contributed by atoms with Crippen LogP contribution in [0.1, 0.15) is 29.7 Å². The van der Waals surface area contributed by atoms with Crippen molar-refractivity contribution in [2.75, 3.05) is 13.7 Å². The van der Waals surface area contributed by atoms with Crippen molar-refractivity contribution >= 4 is 17.4 Å². The summed E-state index contributed by atoms with van der Waals surface area (Å²) >= 11 is 0. The van der Waals surface area contributed by atoms with Crippen LogP contribution in [-0.2, 0) is 16.1 Å². The number of amides is 1. The lowest BCUT2D eigenvalue weighted by Crippen LogP contribution is -2.29. The number of pyridine rings is 1. The predicted octanol–water partition coefficient (Wildman–Crippen LogP) is 3.82. The standard InChI is InChI=1S/C26H24N2O6/c1-3-34-21-13-17(9-10-20(21)29)23-22(24(30)18-7-4-8-19(12-18)33-2)25(31)26(32)28(23)15-16-6-5-11-27-14-16/h4-14,23,29-30H,3,15H2,1-2H3/b24-22+. The topological polar surface area (TPSA) is 109 Å². The molecule has 0 spiro atoms. The SMILES string of the molecule is CCOc1cc(C2/C(=C(\O)c3cccc(OC)c3)C(=O)C(=O)N2Cc2cccnc2)ccc1O. The first-order valence-corrected chi connectivity index (χ1v) is 10.7. The molecule has 174 valence electrons. The number of ether oxygens (including phenoxy) is 2. The fourth-order valence-corrected chi connectivity index (χ4v) is 3.98. The third-order valence-electron chi connectivity index (χ3n) is 5.56. The van der Waals surface area contributed by atoms with Gasteiger partial charge in [-0.1, -0.05) is 24.3 Å². The van der Waals surface area contributed by atoms with Gasteiger partial charge >= 0.3 is 0 Å². The lowest BCUT2D eigenvalue weighted by molar-refractivity contribution is -0.140. The molecule has 3 aromatic rings. The molecule has 0 radical (unpaired) electrons. The van der Waals surface area contributed by atoms with Crippen molar-refractivity contribution in [3.8, 4) is 17.2 Å². The molecule has 1 aliphatic heterocycles. The Balaban J connectivity index is 1.89. The molecule has 2 N–H and O–H groups in total. The number of phenolic OH excluding ortho intramolecular Hbond substituents is 1. The number of hydrogen-bond donors (Lipinski definition) is 2. The fraction of sp³-hybridized carbons (Fsp3) is 0.192. The monoisotopic (exact) mass is 460 g/mol. The molecular formula is C26H24N2O6. The van der Waals surface area contributed by atoms with Gasteiger partial charge in [0.25, 0.3) is 11.7 Å². The van der Waals surface area contributed by atoms with Gasteiger partial charge in [-0.15, -0.1) is 0 Å². The molecule has 1 unspecified atom stereocenters. The molecule has 2 aromatic carbocycles. The molecule has 0 saturated carbocycles. The number of carbonyl (C=O) groups excluding carboxylic acids is 2. The molecule has 1 aromatic heterocycles. The lowest BCUT2D eigenvalue weighted by Gasteiger charge is -2.26. The van der Waals surface area contributed by atoms with Crippen LogP contribution in [0.25, 0.3) is 5.76 Å². The molecule has 1 saturated heterocycles. The van der Waals surface area contributed by atoms with E-state index in [0.717, 1.165) is 5.56 Å². The lowest BCUT2D eigenvalue weighted by atomic mass is 9.94. The largest absolute Gasteiger partial charge is 0.507 e. The van der Waals surface area contributed by atoms with Crippen LogP contribution in [-0.4, -0.2) is 45.5 Å². The Morgan fingerprint density at radius 2 is 1.94 bits per heavy atom. The Labute approximate surface area is 196 Å². The van der Waals surface area contributed by atoms with E-state index in [-0.39, 0.29) is 29.4 Å². The van der Waals surface area contributed by atoms with E-state index in [1.165, 1.54) is 18.1 Å². The van der Waals surface area contributed by atoms with Crippen LogP contribution in [0.4, 0.5) is 0 Å². The van der Waals surface area contributed by atoms with E-state index in [2.05, 4.69) is 4.98 Å². The molecule has 1 amide bonds. The second-order valence-corrected chi connectivity index (χ2v) is 7.68. The molecule has 2 heterocycles. The highest BCUT2D eigenvalue weighted by atomic mass is 16.5. The molecule has 1 atom stereocenters. The summed E-state index contributed by atoms with van der Waals surface area (Å²) in [6, 6.07) is 13.9. The van der Waals surface area contributed by atoms with E-state index in [4.69, 9.17) is 9.47 Å². The van der Waals surface area contributed by atoms with Gasteiger partial charge in [0, 0.05) is 24.5 Å². The Bertz CT molecular complexity index is 1260. The minimum absolute atomic E-state index is 0.0599.